The van der Waals surface area contributed by atoms with Gasteiger partial charge in [0.15, 0.2) is 0 Å². The van der Waals surface area contributed by atoms with Crippen LogP contribution in [0.25, 0.3) is 0 Å². The first-order chi connectivity index (χ1) is 6.62. The second-order valence-electron chi connectivity index (χ2n) is 3.19. The Morgan fingerprint density at radius 2 is 1.86 bits per heavy atom. The van der Waals surface area contributed by atoms with E-state index in [0.717, 1.165) is 19.1 Å². The van der Waals surface area contributed by atoms with Crippen molar-refractivity contribution in [3.05, 3.63) is 0 Å². The summed E-state index contributed by atoms with van der Waals surface area (Å²) in [5, 5.41) is 7.72. The quantitative estimate of drug-likeness (QED) is 0.674. The van der Waals surface area contributed by atoms with Crippen molar-refractivity contribution in [1.29, 1.82) is 0 Å². The fourth-order valence-electron chi connectivity index (χ4n) is 0.835. The minimum atomic E-state index is -0.745. The number of carboxylic acids is 1. The van der Waals surface area contributed by atoms with Gasteiger partial charge in [-0.2, -0.15) is 0 Å². The molecule has 0 rings (SSSR count). The molecule has 0 amide bonds. The number of aldehydes is 1. The summed E-state index contributed by atoms with van der Waals surface area (Å²) in [6, 6.07) is 0. The molecule has 0 aliphatic rings. The SMILES string of the molecule is CCC(=O)O.CCCCC(C=O)CC. The molecule has 0 aliphatic heterocycles. The highest BCUT2D eigenvalue weighted by molar-refractivity contribution is 5.66. The molecule has 0 aromatic carbocycles. The average molecular weight is 202 g/mol. The third-order valence-electron chi connectivity index (χ3n) is 1.95. The van der Waals surface area contributed by atoms with Crippen LogP contribution in [-0.4, -0.2) is 17.4 Å². The van der Waals surface area contributed by atoms with Crippen LogP contribution in [0, 0.1) is 5.92 Å². The van der Waals surface area contributed by atoms with E-state index in [0.29, 0.717) is 5.92 Å². The molecule has 0 aliphatic carbocycles. The van der Waals surface area contributed by atoms with Gasteiger partial charge < -0.3 is 9.90 Å². The smallest absolute Gasteiger partial charge is 0.303 e. The van der Waals surface area contributed by atoms with E-state index in [9.17, 15) is 9.59 Å². The van der Waals surface area contributed by atoms with Gasteiger partial charge in [-0.25, -0.2) is 0 Å². The number of carboxylic acid groups (broad SMARTS) is 1. The number of hydrogen-bond donors (Lipinski definition) is 1. The third-order valence-corrected chi connectivity index (χ3v) is 1.95. The molecule has 0 bridgehead atoms. The van der Waals surface area contributed by atoms with Gasteiger partial charge in [-0.1, -0.05) is 33.6 Å². The number of rotatable bonds is 6. The van der Waals surface area contributed by atoms with E-state index >= 15 is 0 Å². The van der Waals surface area contributed by atoms with Crippen LogP contribution in [0.3, 0.4) is 0 Å². The van der Waals surface area contributed by atoms with Gasteiger partial charge in [0.1, 0.15) is 6.29 Å². The molecule has 0 aromatic heterocycles. The van der Waals surface area contributed by atoms with Crippen molar-refractivity contribution in [2.75, 3.05) is 0 Å². The van der Waals surface area contributed by atoms with Crippen LogP contribution in [0.2, 0.25) is 0 Å². The van der Waals surface area contributed by atoms with Crippen LogP contribution in [0.5, 0.6) is 0 Å². The maximum Gasteiger partial charge on any atom is 0.303 e. The predicted molar refractivity (Wildman–Crippen MR) is 57.3 cm³/mol. The van der Waals surface area contributed by atoms with E-state index in [4.69, 9.17) is 5.11 Å². The van der Waals surface area contributed by atoms with E-state index in [1.807, 2.05) is 0 Å². The van der Waals surface area contributed by atoms with Crippen molar-refractivity contribution in [1.82, 2.24) is 0 Å². The topological polar surface area (TPSA) is 54.4 Å². The monoisotopic (exact) mass is 202 g/mol. The molecule has 0 fully saturated rings. The molecule has 1 N–H and O–H groups in total. The third kappa shape index (κ3) is 13.7. The molecule has 0 aromatic rings. The highest BCUT2D eigenvalue weighted by Crippen LogP contribution is 2.08. The van der Waals surface area contributed by atoms with Gasteiger partial charge >= 0.3 is 5.97 Å². The Hall–Kier alpha value is -0.860. The molecule has 0 radical (unpaired) electrons. The van der Waals surface area contributed by atoms with Gasteiger partial charge in [0.05, 0.1) is 0 Å². The van der Waals surface area contributed by atoms with Crippen molar-refractivity contribution in [3.63, 3.8) is 0 Å². The summed E-state index contributed by atoms with van der Waals surface area (Å²) in [6.07, 6.45) is 5.78. The predicted octanol–water partition coefficient (Wildman–Crippen LogP) is 2.88. The molecule has 0 saturated carbocycles. The molecule has 1 atom stereocenters. The van der Waals surface area contributed by atoms with Gasteiger partial charge in [-0.3, -0.25) is 4.79 Å². The van der Waals surface area contributed by atoms with Gasteiger partial charge in [0, 0.05) is 12.3 Å². The number of hydrogen-bond acceptors (Lipinski definition) is 2. The van der Waals surface area contributed by atoms with E-state index in [1.165, 1.54) is 12.8 Å². The second-order valence-corrected chi connectivity index (χ2v) is 3.19. The van der Waals surface area contributed by atoms with Crippen molar-refractivity contribution >= 4 is 12.3 Å². The fraction of sp³-hybridized carbons (Fsp3) is 0.818. The Bertz CT molecular complexity index is 143. The first kappa shape index (κ1) is 15.6. The van der Waals surface area contributed by atoms with Crippen molar-refractivity contribution in [2.45, 2.75) is 52.9 Å². The molecule has 0 spiro atoms. The van der Waals surface area contributed by atoms with Gasteiger partial charge in [-0.05, 0) is 12.8 Å². The molecule has 84 valence electrons. The molecule has 14 heavy (non-hydrogen) atoms. The molecule has 0 heterocycles. The molecule has 0 saturated heterocycles. The van der Waals surface area contributed by atoms with Crippen LogP contribution in [0.15, 0.2) is 0 Å². The summed E-state index contributed by atoms with van der Waals surface area (Å²) in [5.41, 5.74) is 0. The first-order valence-corrected chi connectivity index (χ1v) is 5.29. The maximum atomic E-state index is 10.2. The molecule has 3 nitrogen and oxygen atoms in total. The lowest BCUT2D eigenvalue weighted by molar-refractivity contribution is -0.136. The highest BCUT2D eigenvalue weighted by atomic mass is 16.4. The summed E-state index contributed by atoms with van der Waals surface area (Å²) in [6.45, 7) is 5.81. The highest BCUT2D eigenvalue weighted by Gasteiger charge is 2.01. The summed E-state index contributed by atoms with van der Waals surface area (Å²) in [7, 11) is 0. The molecular formula is C11H22O3. The Morgan fingerprint density at radius 3 is 2.07 bits per heavy atom. The van der Waals surface area contributed by atoms with Crippen LogP contribution in [0.1, 0.15) is 52.9 Å². The fourth-order valence-corrected chi connectivity index (χ4v) is 0.835. The summed E-state index contributed by atoms with van der Waals surface area (Å²) >= 11 is 0. The Kier molecular flexibility index (Phi) is 13.5. The van der Waals surface area contributed by atoms with Crippen LogP contribution >= 0.6 is 0 Å². The molecule has 1 unspecified atom stereocenters. The summed E-state index contributed by atoms with van der Waals surface area (Å²) in [4.78, 5) is 19.6. The van der Waals surface area contributed by atoms with E-state index < -0.39 is 5.97 Å². The Balaban J connectivity index is 0. The number of unbranched alkanes of at least 4 members (excludes halogenated alkanes) is 1. The van der Waals surface area contributed by atoms with Crippen molar-refractivity contribution < 1.29 is 14.7 Å². The number of carbonyl (C=O) groups is 2. The minimum absolute atomic E-state index is 0.222. The summed E-state index contributed by atoms with van der Waals surface area (Å²) < 4.78 is 0. The van der Waals surface area contributed by atoms with Crippen molar-refractivity contribution in [2.24, 2.45) is 5.92 Å². The van der Waals surface area contributed by atoms with Gasteiger partial charge in [0.2, 0.25) is 0 Å². The minimum Gasteiger partial charge on any atom is -0.481 e. The zero-order valence-corrected chi connectivity index (χ0v) is 9.45. The average Bonchev–Trinajstić information content (AvgIpc) is 2.20. The van der Waals surface area contributed by atoms with Gasteiger partial charge in [0.25, 0.3) is 0 Å². The van der Waals surface area contributed by atoms with Crippen LogP contribution in [-0.2, 0) is 9.59 Å². The molecular weight excluding hydrogens is 180 g/mol. The summed E-state index contributed by atoms with van der Waals surface area (Å²) in [5.74, 6) is -0.421. The Morgan fingerprint density at radius 1 is 1.36 bits per heavy atom. The zero-order valence-electron chi connectivity index (χ0n) is 9.45. The lowest BCUT2D eigenvalue weighted by Crippen LogP contribution is -1.98. The lowest BCUT2D eigenvalue weighted by Gasteiger charge is -2.03. The maximum absolute atomic E-state index is 10.2. The zero-order chi connectivity index (χ0) is 11.4. The van der Waals surface area contributed by atoms with E-state index in [-0.39, 0.29) is 6.42 Å². The number of aliphatic carboxylic acids is 1. The second kappa shape index (κ2) is 12.1. The van der Waals surface area contributed by atoms with Crippen LogP contribution < -0.4 is 0 Å². The van der Waals surface area contributed by atoms with E-state index in [1.54, 1.807) is 6.92 Å². The molecule has 3 heteroatoms. The van der Waals surface area contributed by atoms with Gasteiger partial charge in [-0.15, -0.1) is 0 Å². The number of carbonyl (C=O) groups excluding carboxylic acids is 1. The lowest BCUT2D eigenvalue weighted by atomic mass is 10.0. The van der Waals surface area contributed by atoms with Crippen LogP contribution in [0.4, 0.5) is 0 Å². The Labute approximate surface area is 86.5 Å². The van der Waals surface area contributed by atoms with E-state index in [2.05, 4.69) is 13.8 Å². The van der Waals surface area contributed by atoms with Crippen molar-refractivity contribution in [3.8, 4) is 0 Å². The largest absolute Gasteiger partial charge is 0.481 e. The normalized spacial score (nSPS) is 11.1. The first-order valence-electron chi connectivity index (χ1n) is 5.29. The standard InChI is InChI=1S/C8H16O.C3H6O2/c1-3-5-6-8(4-2)7-9;1-2-3(4)5/h7-8H,3-6H2,1-2H3;2H2,1H3,(H,4,5).